The number of hydrogen-bond acceptors (Lipinski definition) is 4. The van der Waals surface area contributed by atoms with Crippen molar-refractivity contribution in [3.05, 3.63) is 59.1 Å². The highest BCUT2D eigenvalue weighted by atomic mass is 35.5. The molecule has 1 heterocycles. The van der Waals surface area contributed by atoms with Crippen LogP contribution in [-0.2, 0) is 4.79 Å². The van der Waals surface area contributed by atoms with Crippen LogP contribution in [0.25, 0.3) is 0 Å². The molecule has 0 bridgehead atoms. The molecule has 142 valence electrons. The average molecular weight is 389 g/mol. The molecule has 27 heavy (non-hydrogen) atoms. The van der Waals surface area contributed by atoms with Gasteiger partial charge >= 0.3 is 0 Å². The van der Waals surface area contributed by atoms with Crippen molar-refractivity contribution in [3.8, 4) is 11.5 Å². The highest BCUT2D eigenvalue weighted by Gasteiger charge is 2.25. The van der Waals surface area contributed by atoms with Gasteiger partial charge in [0.2, 0.25) is 0 Å². The minimum atomic E-state index is -0.119. The lowest BCUT2D eigenvalue weighted by Gasteiger charge is -2.34. The van der Waals surface area contributed by atoms with Gasteiger partial charge in [-0.3, -0.25) is 9.59 Å². The normalized spacial score (nSPS) is 14.0. The molecular weight excluding hydrogens is 368 g/mol. The van der Waals surface area contributed by atoms with Crippen LogP contribution in [0.1, 0.15) is 10.4 Å². The zero-order valence-electron chi connectivity index (χ0n) is 15.1. The van der Waals surface area contributed by atoms with Crippen LogP contribution in [-0.4, -0.2) is 61.5 Å². The van der Waals surface area contributed by atoms with E-state index in [0.29, 0.717) is 48.3 Å². The maximum absolute atomic E-state index is 12.6. The molecule has 1 aliphatic heterocycles. The Morgan fingerprint density at radius 1 is 0.963 bits per heavy atom. The monoisotopic (exact) mass is 388 g/mol. The summed E-state index contributed by atoms with van der Waals surface area (Å²) in [7, 11) is 1.59. The lowest BCUT2D eigenvalue weighted by atomic mass is 10.1. The molecule has 2 aromatic rings. The maximum atomic E-state index is 12.6. The van der Waals surface area contributed by atoms with Gasteiger partial charge in [0.25, 0.3) is 11.8 Å². The van der Waals surface area contributed by atoms with Gasteiger partial charge in [-0.15, -0.1) is 0 Å². The van der Waals surface area contributed by atoms with E-state index in [1.807, 2.05) is 0 Å². The van der Waals surface area contributed by atoms with Crippen molar-refractivity contribution in [3.63, 3.8) is 0 Å². The Labute approximate surface area is 163 Å². The van der Waals surface area contributed by atoms with Crippen LogP contribution in [0, 0.1) is 0 Å². The number of carbonyl (C=O) groups is 2. The summed E-state index contributed by atoms with van der Waals surface area (Å²) < 4.78 is 10.6. The van der Waals surface area contributed by atoms with E-state index in [0.717, 1.165) is 0 Å². The van der Waals surface area contributed by atoms with Gasteiger partial charge in [-0.25, -0.2) is 0 Å². The summed E-state index contributed by atoms with van der Waals surface area (Å²) in [6.45, 7) is 1.86. The number of benzene rings is 2. The zero-order valence-corrected chi connectivity index (χ0v) is 15.8. The highest BCUT2D eigenvalue weighted by molar-refractivity contribution is 6.32. The molecule has 0 radical (unpaired) electrons. The van der Waals surface area contributed by atoms with Crippen LogP contribution in [0.5, 0.6) is 11.5 Å². The Morgan fingerprint density at radius 2 is 1.59 bits per heavy atom. The molecule has 0 aliphatic carbocycles. The Kier molecular flexibility index (Phi) is 6.19. The molecule has 0 unspecified atom stereocenters. The van der Waals surface area contributed by atoms with Crippen LogP contribution in [0.2, 0.25) is 5.02 Å². The lowest BCUT2D eigenvalue weighted by Crippen LogP contribution is -2.51. The predicted molar refractivity (Wildman–Crippen MR) is 102 cm³/mol. The second kappa shape index (κ2) is 8.77. The van der Waals surface area contributed by atoms with E-state index in [9.17, 15) is 9.59 Å². The van der Waals surface area contributed by atoms with E-state index >= 15 is 0 Å². The smallest absolute Gasteiger partial charge is 0.260 e. The Hall–Kier alpha value is -2.73. The Morgan fingerprint density at radius 3 is 2.22 bits per heavy atom. The quantitative estimate of drug-likeness (QED) is 0.790. The molecule has 0 aromatic heterocycles. The number of nitrogens with zero attached hydrogens (tertiary/aromatic N) is 2. The van der Waals surface area contributed by atoms with E-state index in [1.165, 1.54) is 0 Å². The van der Waals surface area contributed by atoms with Gasteiger partial charge in [0.05, 0.1) is 12.1 Å². The summed E-state index contributed by atoms with van der Waals surface area (Å²) in [6, 6.07) is 14.1. The molecule has 0 saturated carbocycles. The van der Waals surface area contributed by atoms with Gasteiger partial charge in [0.15, 0.2) is 6.61 Å². The molecule has 1 aliphatic rings. The lowest BCUT2D eigenvalue weighted by molar-refractivity contribution is -0.134. The Bertz CT molecular complexity index is 802. The van der Waals surface area contributed by atoms with E-state index in [1.54, 1.807) is 65.4 Å². The number of piperazine rings is 1. The molecule has 7 heteroatoms. The van der Waals surface area contributed by atoms with Crippen molar-refractivity contribution in [2.75, 3.05) is 39.9 Å². The first-order valence-electron chi connectivity index (χ1n) is 8.67. The maximum Gasteiger partial charge on any atom is 0.260 e. The van der Waals surface area contributed by atoms with Gasteiger partial charge < -0.3 is 19.3 Å². The van der Waals surface area contributed by atoms with Gasteiger partial charge in [-0.1, -0.05) is 23.7 Å². The fraction of sp³-hybridized carbons (Fsp3) is 0.300. The number of para-hydroxylation sites is 1. The average Bonchev–Trinajstić information content (AvgIpc) is 2.72. The van der Waals surface area contributed by atoms with Crippen LogP contribution < -0.4 is 9.47 Å². The van der Waals surface area contributed by atoms with Gasteiger partial charge in [0, 0.05) is 31.7 Å². The number of rotatable bonds is 5. The molecule has 1 fully saturated rings. The van der Waals surface area contributed by atoms with Crippen molar-refractivity contribution in [2.24, 2.45) is 0 Å². The Balaban J connectivity index is 1.49. The molecule has 1 saturated heterocycles. The van der Waals surface area contributed by atoms with Crippen LogP contribution in [0.4, 0.5) is 0 Å². The fourth-order valence-corrected chi connectivity index (χ4v) is 3.06. The topological polar surface area (TPSA) is 59.1 Å². The molecule has 0 spiro atoms. The molecule has 6 nitrogen and oxygen atoms in total. The fourth-order valence-electron chi connectivity index (χ4n) is 2.87. The molecule has 2 aromatic carbocycles. The number of hydrogen-bond donors (Lipinski definition) is 0. The summed E-state index contributed by atoms with van der Waals surface area (Å²) >= 11 is 6.02. The summed E-state index contributed by atoms with van der Waals surface area (Å²) in [5.41, 5.74) is 0.609. The summed E-state index contributed by atoms with van der Waals surface area (Å²) in [5.74, 6) is 1.03. The first kappa shape index (κ1) is 19.0. The van der Waals surface area contributed by atoms with Crippen molar-refractivity contribution in [1.82, 2.24) is 9.80 Å². The largest absolute Gasteiger partial charge is 0.497 e. The van der Waals surface area contributed by atoms with Crippen LogP contribution >= 0.6 is 11.6 Å². The highest BCUT2D eigenvalue weighted by Crippen LogP contribution is 2.23. The van der Waals surface area contributed by atoms with Crippen molar-refractivity contribution in [1.29, 1.82) is 0 Å². The first-order chi connectivity index (χ1) is 13.1. The second-order valence-corrected chi connectivity index (χ2v) is 6.53. The third-order valence-corrected chi connectivity index (χ3v) is 4.76. The molecule has 0 N–H and O–H groups in total. The minimum absolute atomic E-state index is 0.0444. The van der Waals surface area contributed by atoms with Crippen molar-refractivity contribution in [2.45, 2.75) is 0 Å². The van der Waals surface area contributed by atoms with E-state index in [-0.39, 0.29) is 18.4 Å². The molecule has 0 atom stereocenters. The first-order valence-corrected chi connectivity index (χ1v) is 9.04. The predicted octanol–water partition coefficient (Wildman–Crippen LogP) is 2.71. The number of methoxy groups -OCH3 is 1. The molecule has 3 rings (SSSR count). The third-order valence-electron chi connectivity index (χ3n) is 4.44. The number of carbonyl (C=O) groups excluding carboxylic acids is 2. The number of ether oxygens (including phenoxy) is 2. The van der Waals surface area contributed by atoms with Crippen molar-refractivity contribution < 1.29 is 19.1 Å². The molecular formula is C20H21ClN2O4. The number of amides is 2. The van der Waals surface area contributed by atoms with Crippen molar-refractivity contribution >= 4 is 23.4 Å². The summed E-state index contributed by atoms with van der Waals surface area (Å²) in [6.07, 6.45) is 0. The van der Waals surface area contributed by atoms with Crippen LogP contribution in [0.3, 0.4) is 0 Å². The van der Waals surface area contributed by atoms with E-state index in [4.69, 9.17) is 21.1 Å². The summed E-state index contributed by atoms with van der Waals surface area (Å²) in [5, 5.41) is 0.472. The zero-order chi connectivity index (χ0) is 19.2. The number of halogens is 1. The van der Waals surface area contributed by atoms with Gasteiger partial charge in [0.1, 0.15) is 11.5 Å². The minimum Gasteiger partial charge on any atom is -0.497 e. The van der Waals surface area contributed by atoms with Crippen LogP contribution in [0.15, 0.2) is 48.5 Å². The van der Waals surface area contributed by atoms with Gasteiger partial charge in [-0.05, 0) is 36.4 Å². The van der Waals surface area contributed by atoms with E-state index < -0.39 is 0 Å². The summed E-state index contributed by atoms with van der Waals surface area (Å²) in [4.78, 5) is 28.4. The second-order valence-electron chi connectivity index (χ2n) is 6.12. The third kappa shape index (κ3) is 4.71. The van der Waals surface area contributed by atoms with Gasteiger partial charge in [-0.2, -0.15) is 0 Å². The standard InChI is InChI=1S/C20H21ClN2O4/c1-26-16-8-6-15(7-9-16)20(25)23-12-10-22(11-13-23)19(24)14-27-18-5-3-2-4-17(18)21/h2-9H,10-14H2,1H3. The van der Waals surface area contributed by atoms with E-state index in [2.05, 4.69) is 0 Å². The molecule has 2 amide bonds. The SMILES string of the molecule is COc1ccc(C(=O)N2CCN(C(=O)COc3ccccc3Cl)CC2)cc1.